The summed E-state index contributed by atoms with van der Waals surface area (Å²) < 4.78 is 5.25. The van der Waals surface area contributed by atoms with Crippen molar-refractivity contribution in [1.29, 1.82) is 0 Å². The molecular formula is C13H18O3. The number of carbonyl (C=O) groups is 1. The van der Waals surface area contributed by atoms with Crippen molar-refractivity contribution in [3.63, 3.8) is 0 Å². The molecular weight excluding hydrogens is 204 g/mol. The molecule has 0 aliphatic heterocycles. The number of rotatable bonds is 6. The van der Waals surface area contributed by atoms with Crippen molar-refractivity contribution in [3.8, 4) is 11.5 Å². The zero-order valence-corrected chi connectivity index (χ0v) is 9.82. The molecule has 3 nitrogen and oxygen atoms in total. The summed E-state index contributed by atoms with van der Waals surface area (Å²) in [4.78, 5) is 11.4. The molecule has 1 aromatic rings. The third kappa shape index (κ3) is 3.57. The average molecular weight is 222 g/mol. The molecule has 0 radical (unpaired) electrons. The van der Waals surface area contributed by atoms with Crippen molar-refractivity contribution < 1.29 is 14.6 Å². The Bertz CT molecular complexity index is 358. The number of benzene rings is 1. The van der Waals surface area contributed by atoms with Crippen LogP contribution in [0.1, 0.15) is 32.3 Å². The lowest BCUT2D eigenvalue weighted by molar-refractivity contribution is -0.118. The normalized spacial score (nSPS) is 10.1. The maximum absolute atomic E-state index is 11.4. The van der Waals surface area contributed by atoms with Gasteiger partial charge in [0.2, 0.25) is 0 Å². The Labute approximate surface area is 96.1 Å². The van der Waals surface area contributed by atoms with E-state index in [0.717, 1.165) is 6.42 Å². The van der Waals surface area contributed by atoms with Gasteiger partial charge in [0.1, 0.15) is 17.3 Å². The number of ketones is 1. The maximum atomic E-state index is 11.4. The average Bonchev–Trinajstić information content (AvgIpc) is 2.23. The Hall–Kier alpha value is -1.51. The summed E-state index contributed by atoms with van der Waals surface area (Å²) >= 11 is 0. The number of ether oxygens (including phenoxy) is 1. The number of Topliss-reactive ketones (excluding diaryl/α,β-unsaturated/α-hetero) is 1. The monoisotopic (exact) mass is 222 g/mol. The van der Waals surface area contributed by atoms with Gasteiger partial charge in [-0.25, -0.2) is 0 Å². The molecule has 88 valence electrons. The quantitative estimate of drug-likeness (QED) is 0.805. The smallest absolute Gasteiger partial charge is 0.137 e. The fraction of sp³-hybridized carbons (Fsp3) is 0.462. The van der Waals surface area contributed by atoms with Crippen LogP contribution in [-0.2, 0) is 11.2 Å². The SMILES string of the molecule is CCCC(=O)Cc1ccc(OCC)cc1O. The minimum Gasteiger partial charge on any atom is -0.508 e. The predicted molar refractivity (Wildman–Crippen MR) is 62.9 cm³/mol. The lowest BCUT2D eigenvalue weighted by Gasteiger charge is -2.07. The molecule has 0 heterocycles. The van der Waals surface area contributed by atoms with E-state index in [0.29, 0.717) is 30.8 Å². The standard InChI is InChI=1S/C13H18O3/c1-3-5-11(14)8-10-6-7-12(16-4-2)9-13(10)15/h6-7,9,15H,3-5,8H2,1-2H3. The molecule has 0 atom stereocenters. The molecule has 16 heavy (non-hydrogen) atoms. The van der Waals surface area contributed by atoms with E-state index in [9.17, 15) is 9.90 Å². The molecule has 3 heteroatoms. The fourth-order valence-corrected chi connectivity index (χ4v) is 1.53. The second-order valence-corrected chi connectivity index (χ2v) is 3.69. The molecule has 1 N–H and O–H groups in total. The molecule has 0 unspecified atom stereocenters. The van der Waals surface area contributed by atoms with Crippen LogP contribution >= 0.6 is 0 Å². The zero-order chi connectivity index (χ0) is 12.0. The third-order valence-electron chi connectivity index (χ3n) is 2.28. The van der Waals surface area contributed by atoms with Crippen LogP contribution in [0.15, 0.2) is 18.2 Å². The molecule has 0 saturated heterocycles. The van der Waals surface area contributed by atoms with Gasteiger partial charge in [0.25, 0.3) is 0 Å². The van der Waals surface area contributed by atoms with Crippen LogP contribution in [0.25, 0.3) is 0 Å². The van der Waals surface area contributed by atoms with E-state index in [1.807, 2.05) is 13.8 Å². The summed E-state index contributed by atoms with van der Waals surface area (Å²) in [6.07, 6.45) is 1.70. The summed E-state index contributed by atoms with van der Waals surface area (Å²) in [6.45, 7) is 4.42. The Morgan fingerprint density at radius 3 is 2.69 bits per heavy atom. The summed E-state index contributed by atoms with van der Waals surface area (Å²) in [7, 11) is 0. The van der Waals surface area contributed by atoms with Gasteiger partial charge in [0, 0.05) is 24.5 Å². The molecule has 0 amide bonds. The van der Waals surface area contributed by atoms with Gasteiger partial charge >= 0.3 is 0 Å². The van der Waals surface area contributed by atoms with Crippen molar-refractivity contribution in [2.24, 2.45) is 0 Å². The lowest BCUT2D eigenvalue weighted by atomic mass is 10.0. The van der Waals surface area contributed by atoms with E-state index in [2.05, 4.69) is 0 Å². The van der Waals surface area contributed by atoms with E-state index in [1.54, 1.807) is 18.2 Å². The van der Waals surface area contributed by atoms with E-state index in [-0.39, 0.29) is 11.5 Å². The van der Waals surface area contributed by atoms with Gasteiger partial charge in [0.05, 0.1) is 6.61 Å². The summed E-state index contributed by atoms with van der Waals surface area (Å²) in [5, 5.41) is 9.70. The Balaban J connectivity index is 2.71. The number of aromatic hydroxyl groups is 1. The molecule has 1 rings (SSSR count). The van der Waals surface area contributed by atoms with Crippen LogP contribution in [0.5, 0.6) is 11.5 Å². The van der Waals surface area contributed by atoms with Gasteiger partial charge in [-0.05, 0) is 19.4 Å². The van der Waals surface area contributed by atoms with Crippen molar-refractivity contribution in [2.75, 3.05) is 6.61 Å². The van der Waals surface area contributed by atoms with Crippen LogP contribution in [0.4, 0.5) is 0 Å². The summed E-state index contributed by atoms with van der Waals surface area (Å²) in [5.74, 6) is 0.920. The van der Waals surface area contributed by atoms with E-state index in [1.165, 1.54) is 0 Å². The van der Waals surface area contributed by atoms with E-state index < -0.39 is 0 Å². The zero-order valence-electron chi connectivity index (χ0n) is 9.82. The highest BCUT2D eigenvalue weighted by Crippen LogP contribution is 2.24. The fourth-order valence-electron chi connectivity index (χ4n) is 1.53. The third-order valence-corrected chi connectivity index (χ3v) is 2.28. The number of hydrogen-bond acceptors (Lipinski definition) is 3. The number of carbonyl (C=O) groups excluding carboxylic acids is 1. The largest absolute Gasteiger partial charge is 0.508 e. The second-order valence-electron chi connectivity index (χ2n) is 3.69. The Morgan fingerprint density at radius 2 is 2.12 bits per heavy atom. The van der Waals surface area contributed by atoms with Gasteiger partial charge in [-0.1, -0.05) is 13.0 Å². The maximum Gasteiger partial charge on any atom is 0.137 e. The number of phenolic OH excluding ortho intramolecular Hbond substituents is 1. The topological polar surface area (TPSA) is 46.5 Å². The van der Waals surface area contributed by atoms with Gasteiger partial charge in [-0.3, -0.25) is 4.79 Å². The van der Waals surface area contributed by atoms with E-state index in [4.69, 9.17) is 4.74 Å². The molecule has 0 fully saturated rings. The molecule has 0 aliphatic carbocycles. The predicted octanol–water partition coefficient (Wildman–Crippen LogP) is 2.70. The molecule has 0 aromatic heterocycles. The first kappa shape index (κ1) is 12.6. The van der Waals surface area contributed by atoms with Crippen molar-refractivity contribution in [2.45, 2.75) is 33.1 Å². The highest BCUT2D eigenvalue weighted by Gasteiger charge is 2.08. The lowest BCUT2D eigenvalue weighted by Crippen LogP contribution is -2.02. The van der Waals surface area contributed by atoms with Crippen molar-refractivity contribution in [3.05, 3.63) is 23.8 Å². The van der Waals surface area contributed by atoms with Gasteiger partial charge in [-0.15, -0.1) is 0 Å². The first-order chi connectivity index (χ1) is 7.67. The molecule has 0 bridgehead atoms. The molecule has 1 aromatic carbocycles. The van der Waals surface area contributed by atoms with Crippen molar-refractivity contribution in [1.82, 2.24) is 0 Å². The summed E-state index contributed by atoms with van der Waals surface area (Å²) in [6, 6.07) is 5.07. The second kappa shape index (κ2) is 6.16. The summed E-state index contributed by atoms with van der Waals surface area (Å²) in [5.41, 5.74) is 0.668. The van der Waals surface area contributed by atoms with Crippen LogP contribution in [0.3, 0.4) is 0 Å². The number of hydrogen-bond donors (Lipinski definition) is 1. The highest BCUT2D eigenvalue weighted by atomic mass is 16.5. The van der Waals surface area contributed by atoms with Gasteiger partial charge < -0.3 is 9.84 Å². The Kier molecular flexibility index (Phi) is 4.83. The van der Waals surface area contributed by atoms with Crippen LogP contribution < -0.4 is 4.74 Å². The van der Waals surface area contributed by atoms with Crippen LogP contribution in [0.2, 0.25) is 0 Å². The molecule has 0 spiro atoms. The van der Waals surface area contributed by atoms with Crippen LogP contribution in [-0.4, -0.2) is 17.5 Å². The minimum atomic E-state index is 0.135. The van der Waals surface area contributed by atoms with E-state index >= 15 is 0 Å². The van der Waals surface area contributed by atoms with Crippen molar-refractivity contribution >= 4 is 5.78 Å². The Morgan fingerprint density at radius 1 is 1.38 bits per heavy atom. The molecule has 0 saturated carbocycles. The first-order valence-electron chi connectivity index (χ1n) is 5.63. The minimum absolute atomic E-state index is 0.135. The number of phenols is 1. The van der Waals surface area contributed by atoms with Crippen LogP contribution in [0, 0.1) is 0 Å². The van der Waals surface area contributed by atoms with Gasteiger partial charge in [0.15, 0.2) is 0 Å². The first-order valence-corrected chi connectivity index (χ1v) is 5.63. The molecule has 0 aliphatic rings. The van der Waals surface area contributed by atoms with Gasteiger partial charge in [-0.2, -0.15) is 0 Å². The highest BCUT2D eigenvalue weighted by molar-refractivity contribution is 5.81.